The van der Waals surface area contributed by atoms with Crippen molar-refractivity contribution >= 4 is 42.4 Å². The molecule has 0 aliphatic carbocycles. The zero-order valence-corrected chi connectivity index (χ0v) is 14.9. The molecular weight excluding hydrogens is 400 g/mol. The zero-order valence-electron chi connectivity index (χ0n) is 13.2. The summed E-state index contributed by atoms with van der Waals surface area (Å²) in [4.78, 5) is 7.64. The highest BCUT2D eigenvalue weighted by molar-refractivity contribution is 7.86. The lowest BCUT2D eigenvalue weighted by atomic mass is 10.3. The topological polar surface area (TPSA) is 161 Å². The van der Waals surface area contributed by atoms with Crippen LogP contribution in [0.1, 0.15) is 11.8 Å². The fourth-order valence-electron chi connectivity index (χ4n) is 2.51. The largest absolute Gasteiger partial charge is 0.440 e. The van der Waals surface area contributed by atoms with Crippen LogP contribution in [0, 0.1) is 0 Å². The second-order valence-electron chi connectivity index (χ2n) is 5.60. The molecule has 0 fully saturated rings. The van der Waals surface area contributed by atoms with E-state index in [0.717, 1.165) is 0 Å². The van der Waals surface area contributed by atoms with Crippen LogP contribution in [0.15, 0.2) is 55.0 Å². The summed E-state index contributed by atoms with van der Waals surface area (Å²) in [6.45, 7) is 0. The summed E-state index contributed by atoms with van der Waals surface area (Å²) in [5, 5.41) is 0. The van der Waals surface area contributed by atoms with Crippen LogP contribution in [0.4, 0.5) is 0 Å². The summed E-state index contributed by atoms with van der Waals surface area (Å²) in [6, 6.07) is 7.43. The van der Waals surface area contributed by atoms with Crippen LogP contribution in [-0.2, 0) is 26.7 Å². The van der Waals surface area contributed by atoms with E-state index in [9.17, 15) is 16.8 Å². The molecule has 12 heteroatoms. The van der Waals surface area contributed by atoms with Crippen molar-refractivity contribution in [1.29, 1.82) is 0 Å². The third-order valence-electron chi connectivity index (χ3n) is 3.70. The number of rotatable bonds is 4. The summed E-state index contributed by atoms with van der Waals surface area (Å²) < 4.78 is 73.9. The van der Waals surface area contributed by atoms with Crippen molar-refractivity contribution in [1.82, 2.24) is 9.97 Å². The molecule has 27 heavy (non-hydrogen) atoms. The van der Waals surface area contributed by atoms with E-state index in [0.29, 0.717) is 11.2 Å². The van der Waals surface area contributed by atoms with E-state index < -0.39 is 20.2 Å². The van der Waals surface area contributed by atoms with Gasteiger partial charge in [-0.15, -0.1) is 0 Å². The first kappa shape index (κ1) is 17.6. The van der Waals surface area contributed by atoms with Gasteiger partial charge in [-0.3, -0.25) is 9.11 Å². The highest BCUT2D eigenvalue weighted by atomic mass is 32.2. The first-order chi connectivity index (χ1) is 12.6. The summed E-state index contributed by atoms with van der Waals surface area (Å²) in [7, 11) is -8.72. The number of aromatic nitrogens is 2. The number of oxazole rings is 2. The van der Waals surface area contributed by atoms with Gasteiger partial charge in [-0.2, -0.15) is 16.8 Å². The molecule has 2 aromatic heterocycles. The molecule has 0 unspecified atom stereocenters. The summed E-state index contributed by atoms with van der Waals surface area (Å²) in [5.41, 5.74) is 1.07. The summed E-state index contributed by atoms with van der Waals surface area (Å²) >= 11 is 0. The fraction of sp³-hybridized carbons (Fsp3) is 0.0667. The van der Waals surface area contributed by atoms with Crippen molar-refractivity contribution in [3.8, 4) is 0 Å². The third-order valence-corrected chi connectivity index (χ3v) is 5.40. The normalized spacial score (nSPS) is 12.8. The van der Waals surface area contributed by atoms with Gasteiger partial charge in [0.05, 0.1) is 9.79 Å². The molecule has 0 atom stereocenters. The average Bonchev–Trinajstić information content (AvgIpc) is 3.14. The molecule has 0 saturated carbocycles. The quantitative estimate of drug-likeness (QED) is 0.476. The molecule has 0 radical (unpaired) electrons. The molecule has 0 bridgehead atoms. The monoisotopic (exact) mass is 410 g/mol. The SMILES string of the molecule is O=S(=O)(O)c1ccc2oc(Cc3nc4cc(S(=O)(=O)O)ccc4o3)nc2c1. The molecule has 4 aromatic rings. The van der Waals surface area contributed by atoms with E-state index in [1.807, 2.05) is 0 Å². The smallest absolute Gasteiger partial charge is 0.294 e. The van der Waals surface area contributed by atoms with Gasteiger partial charge in [0.25, 0.3) is 20.2 Å². The Morgan fingerprint density at radius 1 is 0.741 bits per heavy atom. The van der Waals surface area contributed by atoms with Gasteiger partial charge in [-0.1, -0.05) is 0 Å². The minimum atomic E-state index is -4.36. The molecule has 0 aliphatic heterocycles. The van der Waals surface area contributed by atoms with Crippen molar-refractivity contribution in [2.75, 3.05) is 0 Å². The van der Waals surface area contributed by atoms with Crippen molar-refractivity contribution in [2.45, 2.75) is 16.2 Å². The van der Waals surface area contributed by atoms with Crippen molar-refractivity contribution in [2.24, 2.45) is 0 Å². The van der Waals surface area contributed by atoms with E-state index >= 15 is 0 Å². The maximum absolute atomic E-state index is 11.2. The standard InChI is InChI=1S/C15H10N2O8S2/c18-26(19,20)8-1-3-12-10(5-8)16-14(24-12)7-15-17-11-6-9(27(21,22)23)2-4-13(11)25-15/h1-6H,7H2,(H,18,19,20)(H,21,22,23). The van der Waals surface area contributed by atoms with Gasteiger partial charge in [0.1, 0.15) is 17.5 Å². The first-order valence-electron chi connectivity index (χ1n) is 7.33. The first-order valence-corrected chi connectivity index (χ1v) is 10.2. The predicted molar refractivity (Wildman–Crippen MR) is 90.5 cm³/mol. The number of hydrogen-bond acceptors (Lipinski definition) is 8. The molecule has 140 valence electrons. The van der Waals surface area contributed by atoms with Gasteiger partial charge in [0, 0.05) is 0 Å². The lowest BCUT2D eigenvalue weighted by Gasteiger charge is -1.94. The maximum atomic E-state index is 11.2. The van der Waals surface area contributed by atoms with Crippen LogP contribution in [0.25, 0.3) is 22.2 Å². The molecule has 2 N–H and O–H groups in total. The van der Waals surface area contributed by atoms with Crippen LogP contribution >= 0.6 is 0 Å². The second-order valence-corrected chi connectivity index (χ2v) is 8.44. The van der Waals surface area contributed by atoms with E-state index in [2.05, 4.69) is 9.97 Å². The van der Waals surface area contributed by atoms with Crippen LogP contribution in [0.3, 0.4) is 0 Å². The minimum Gasteiger partial charge on any atom is -0.440 e. The highest BCUT2D eigenvalue weighted by Gasteiger charge is 2.17. The predicted octanol–water partition coefficient (Wildman–Crippen LogP) is 2.05. The molecule has 0 spiro atoms. The number of hydrogen-bond donors (Lipinski definition) is 2. The Morgan fingerprint density at radius 3 is 1.52 bits per heavy atom. The van der Waals surface area contributed by atoms with Crippen molar-refractivity contribution < 1.29 is 34.8 Å². The highest BCUT2D eigenvalue weighted by Crippen LogP contribution is 2.24. The molecule has 4 rings (SSSR count). The van der Waals surface area contributed by atoms with Gasteiger partial charge in [-0.05, 0) is 36.4 Å². The Hall–Kier alpha value is -2.80. The van der Waals surface area contributed by atoms with E-state index in [4.69, 9.17) is 17.9 Å². The van der Waals surface area contributed by atoms with Crippen LogP contribution in [-0.4, -0.2) is 35.9 Å². The van der Waals surface area contributed by atoms with Gasteiger partial charge in [-0.25, -0.2) is 9.97 Å². The molecular formula is C15H10N2O8S2. The second kappa shape index (κ2) is 5.85. The molecule has 0 aliphatic rings. The van der Waals surface area contributed by atoms with Gasteiger partial charge in [0.2, 0.25) is 11.8 Å². The Kier molecular flexibility index (Phi) is 3.82. The van der Waals surface area contributed by atoms with Crippen molar-refractivity contribution in [3.63, 3.8) is 0 Å². The summed E-state index contributed by atoms with van der Waals surface area (Å²) in [5.74, 6) is 0.359. The number of benzene rings is 2. The Bertz CT molecular complexity index is 1290. The molecule has 2 aromatic carbocycles. The van der Waals surface area contributed by atoms with Crippen LogP contribution in [0.2, 0.25) is 0 Å². The van der Waals surface area contributed by atoms with Gasteiger partial charge in [0.15, 0.2) is 11.2 Å². The van der Waals surface area contributed by atoms with Gasteiger partial charge < -0.3 is 8.83 Å². The van der Waals surface area contributed by atoms with Crippen LogP contribution in [0.5, 0.6) is 0 Å². The lowest BCUT2D eigenvalue weighted by molar-refractivity contribution is 0.481. The molecule has 2 heterocycles. The van der Waals surface area contributed by atoms with Gasteiger partial charge >= 0.3 is 0 Å². The minimum absolute atomic E-state index is 0.0196. The maximum Gasteiger partial charge on any atom is 0.294 e. The Morgan fingerprint density at radius 2 is 1.15 bits per heavy atom. The van der Waals surface area contributed by atoms with E-state index in [1.54, 1.807) is 0 Å². The fourth-order valence-corrected chi connectivity index (χ4v) is 3.51. The number of nitrogens with zero attached hydrogens (tertiary/aromatic N) is 2. The number of fused-ring (bicyclic) bond motifs is 2. The van der Waals surface area contributed by atoms with E-state index in [-0.39, 0.29) is 39.0 Å². The zero-order chi connectivity index (χ0) is 19.4. The van der Waals surface area contributed by atoms with Crippen LogP contribution < -0.4 is 0 Å². The summed E-state index contributed by atoms with van der Waals surface area (Å²) in [6.07, 6.45) is 0.0196. The Balaban J connectivity index is 1.69. The lowest BCUT2D eigenvalue weighted by Crippen LogP contribution is -1.97. The molecule has 10 nitrogen and oxygen atoms in total. The molecule has 0 saturated heterocycles. The Labute approximate surface area is 152 Å². The molecule has 0 amide bonds. The van der Waals surface area contributed by atoms with E-state index in [1.165, 1.54) is 36.4 Å². The average molecular weight is 410 g/mol. The van der Waals surface area contributed by atoms with Crippen molar-refractivity contribution in [3.05, 3.63) is 48.2 Å². The third kappa shape index (κ3) is 3.42.